The third-order valence-electron chi connectivity index (χ3n) is 3.19. The minimum atomic E-state index is -0.219. The Kier molecular flexibility index (Phi) is 5.53. The predicted octanol–water partition coefficient (Wildman–Crippen LogP) is 3.84. The first-order valence-corrected chi connectivity index (χ1v) is 8.41. The van der Waals surface area contributed by atoms with Crippen molar-refractivity contribution in [1.82, 2.24) is 14.9 Å². The molecule has 4 nitrogen and oxygen atoms in total. The second-order valence-corrected chi connectivity index (χ2v) is 7.10. The van der Waals surface area contributed by atoms with Gasteiger partial charge in [-0.05, 0) is 45.4 Å². The van der Waals surface area contributed by atoms with Gasteiger partial charge in [0.1, 0.15) is 0 Å². The molecule has 0 bridgehead atoms. The van der Waals surface area contributed by atoms with Gasteiger partial charge < -0.3 is 5.32 Å². The molecule has 118 valence electrons. The largest absolute Gasteiger partial charge is 0.353 e. The van der Waals surface area contributed by atoms with E-state index >= 15 is 0 Å². The van der Waals surface area contributed by atoms with Crippen LogP contribution in [0.25, 0.3) is 5.69 Å². The normalized spacial score (nSPS) is 12.5. The first-order valence-electron chi connectivity index (χ1n) is 7.16. The minimum absolute atomic E-state index is 0.0115. The summed E-state index contributed by atoms with van der Waals surface area (Å²) in [6.07, 6.45) is 3.61. The van der Waals surface area contributed by atoms with Crippen molar-refractivity contribution in [1.29, 1.82) is 0 Å². The topological polar surface area (TPSA) is 46.9 Å². The summed E-state index contributed by atoms with van der Waals surface area (Å²) in [5.74, 6) is 0.0115. The lowest BCUT2D eigenvalue weighted by atomic mass is 10.2. The van der Waals surface area contributed by atoms with Gasteiger partial charge in [-0.3, -0.25) is 9.36 Å². The van der Waals surface area contributed by atoms with Gasteiger partial charge in [0.15, 0.2) is 5.16 Å². The summed E-state index contributed by atoms with van der Waals surface area (Å²) in [6.45, 7) is 7.75. The zero-order valence-corrected chi connectivity index (χ0v) is 14.7. The van der Waals surface area contributed by atoms with Crippen LogP contribution >= 0.6 is 23.4 Å². The van der Waals surface area contributed by atoms with E-state index in [0.29, 0.717) is 5.02 Å². The van der Waals surface area contributed by atoms with Crippen LogP contribution < -0.4 is 5.32 Å². The third-order valence-corrected chi connectivity index (χ3v) is 4.68. The molecule has 0 radical (unpaired) electrons. The van der Waals surface area contributed by atoms with E-state index in [0.717, 1.165) is 16.4 Å². The van der Waals surface area contributed by atoms with Gasteiger partial charge in [-0.25, -0.2) is 4.98 Å². The summed E-state index contributed by atoms with van der Waals surface area (Å²) in [6, 6.07) is 5.90. The number of thioether (sulfide) groups is 1. The maximum atomic E-state index is 12.1. The number of rotatable bonds is 5. The van der Waals surface area contributed by atoms with Crippen molar-refractivity contribution in [3.63, 3.8) is 0 Å². The zero-order valence-electron chi connectivity index (χ0n) is 13.1. The Labute approximate surface area is 140 Å². The molecule has 1 amide bonds. The monoisotopic (exact) mass is 337 g/mol. The van der Waals surface area contributed by atoms with E-state index in [-0.39, 0.29) is 17.2 Å². The van der Waals surface area contributed by atoms with Crippen LogP contribution in [-0.2, 0) is 4.79 Å². The second kappa shape index (κ2) is 7.20. The summed E-state index contributed by atoms with van der Waals surface area (Å²) in [7, 11) is 0. The predicted molar refractivity (Wildman–Crippen MR) is 91.9 cm³/mol. The van der Waals surface area contributed by atoms with Gasteiger partial charge in [0.05, 0.1) is 10.9 Å². The fraction of sp³-hybridized carbons (Fsp3) is 0.375. The Bertz CT molecular complexity index is 669. The van der Waals surface area contributed by atoms with Crippen molar-refractivity contribution in [3.05, 3.63) is 41.2 Å². The molecule has 0 spiro atoms. The maximum absolute atomic E-state index is 12.1. The smallest absolute Gasteiger partial charge is 0.233 e. The number of imidazole rings is 1. The third kappa shape index (κ3) is 3.84. The van der Waals surface area contributed by atoms with Crippen molar-refractivity contribution in [2.75, 3.05) is 0 Å². The van der Waals surface area contributed by atoms with Crippen LogP contribution in [0.15, 0.2) is 35.7 Å². The summed E-state index contributed by atoms with van der Waals surface area (Å²) in [5, 5.41) is 4.19. The lowest BCUT2D eigenvalue weighted by Crippen LogP contribution is -2.36. The summed E-state index contributed by atoms with van der Waals surface area (Å²) >= 11 is 7.62. The maximum Gasteiger partial charge on any atom is 0.233 e. The highest BCUT2D eigenvalue weighted by molar-refractivity contribution is 8.00. The molecule has 2 rings (SSSR count). The molecular formula is C16H20ClN3OS. The van der Waals surface area contributed by atoms with E-state index in [1.165, 1.54) is 11.8 Å². The number of hydrogen-bond donors (Lipinski definition) is 1. The van der Waals surface area contributed by atoms with Crippen LogP contribution in [0.3, 0.4) is 0 Å². The first kappa shape index (κ1) is 16.9. The average molecular weight is 338 g/mol. The first-order chi connectivity index (χ1) is 10.4. The lowest BCUT2D eigenvalue weighted by Gasteiger charge is -2.16. The fourth-order valence-corrected chi connectivity index (χ4v) is 3.09. The number of hydrogen-bond acceptors (Lipinski definition) is 3. The Morgan fingerprint density at radius 3 is 2.77 bits per heavy atom. The van der Waals surface area contributed by atoms with Gasteiger partial charge >= 0.3 is 0 Å². The lowest BCUT2D eigenvalue weighted by molar-refractivity contribution is -0.120. The van der Waals surface area contributed by atoms with Gasteiger partial charge in [0.2, 0.25) is 5.91 Å². The summed E-state index contributed by atoms with van der Waals surface area (Å²) in [5.41, 5.74) is 1.97. The Morgan fingerprint density at radius 2 is 2.09 bits per heavy atom. The second-order valence-electron chi connectivity index (χ2n) is 5.39. The van der Waals surface area contributed by atoms with Crippen molar-refractivity contribution >= 4 is 29.3 Å². The highest BCUT2D eigenvalue weighted by Gasteiger charge is 2.18. The van der Waals surface area contributed by atoms with E-state index in [9.17, 15) is 4.79 Å². The molecule has 0 aliphatic carbocycles. The molecule has 0 aliphatic heterocycles. The molecule has 6 heteroatoms. The molecule has 1 aromatic carbocycles. The molecule has 0 aliphatic rings. The molecule has 0 unspecified atom stereocenters. The highest BCUT2D eigenvalue weighted by Crippen LogP contribution is 2.28. The van der Waals surface area contributed by atoms with Crippen molar-refractivity contribution in [3.8, 4) is 5.69 Å². The minimum Gasteiger partial charge on any atom is -0.353 e. The Balaban J connectivity index is 2.23. The molecule has 22 heavy (non-hydrogen) atoms. The molecule has 0 saturated heterocycles. The van der Waals surface area contributed by atoms with Gasteiger partial charge in [0, 0.05) is 23.5 Å². The molecular weight excluding hydrogens is 318 g/mol. The van der Waals surface area contributed by atoms with E-state index in [4.69, 9.17) is 11.6 Å². The van der Waals surface area contributed by atoms with Crippen molar-refractivity contribution in [2.45, 2.75) is 44.1 Å². The van der Waals surface area contributed by atoms with E-state index in [1.807, 2.05) is 56.7 Å². The number of nitrogens with zero attached hydrogens (tertiary/aromatic N) is 2. The highest BCUT2D eigenvalue weighted by atomic mass is 35.5. The van der Waals surface area contributed by atoms with Gasteiger partial charge in [0.25, 0.3) is 0 Å². The van der Waals surface area contributed by atoms with Gasteiger partial charge in [-0.1, -0.05) is 29.4 Å². The number of halogens is 1. The van der Waals surface area contributed by atoms with Crippen LogP contribution in [0.5, 0.6) is 0 Å². The summed E-state index contributed by atoms with van der Waals surface area (Å²) < 4.78 is 1.96. The number of carbonyl (C=O) groups excluding carboxylic acids is 1. The molecule has 0 saturated carbocycles. The van der Waals surface area contributed by atoms with E-state index < -0.39 is 0 Å². The average Bonchev–Trinajstić information content (AvgIpc) is 2.89. The molecule has 1 heterocycles. The van der Waals surface area contributed by atoms with E-state index in [2.05, 4.69) is 10.3 Å². The number of carbonyl (C=O) groups is 1. The molecule has 1 N–H and O–H groups in total. The van der Waals surface area contributed by atoms with Gasteiger partial charge in [-0.2, -0.15) is 0 Å². The number of benzene rings is 1. The number of aromatic nitrogens is 2. The molecule has 1 atom stereocenters. The number of amides is 1. The Morgan fingerprint density at radius 1 is 1.36 bits per heavy atom. The van der Waals surface area contributed by atoms with Gasteiger partial charge in [-0.15, -0.1) is 0 Å². The molecule has 1 aromatic heterocycles. The number of nitrogens with one attached hydrogen (secondary N) is 1. The zero-order chi connectivity index (χ0) is 16.3. The van der Waals surface area contributed by atoms with Crippen molar-refractivity contribution < 1.29 is 4.79 Å². The van der Waals surface area contributed by atoms with Crippen LogP contribution in [-0.4, -0.2) is 26.8 Å². The van der Waals surface area contributed by atoms with Crippen LogP contribution in [0.2, 0.25) is 5.02 Å². The Hall–Kier alpha value is -1.46. The molecule has 0 fully saturated rings. The fourth-order valence-electron chi connectivity index (χ4n) is 2.03. The van der Waals surface area contributed by atoms with E-state index in [1.54, 1.807) is 6.20 Å². The molecule has 2 aromatic rings. The quantitative estimate of drug-likeness (QED) is 0.843. The standard InChI is InChI=1S/C16H20ClN3OS/c1-10(2)19-15(21)12(4)22-16-18-8-9-20(16)14-7-5-6-13(17)11(14)3/h5-10,12H,1-4H3,(H,19,21)/t12-/m0/s1. The van der Waals surface area contributed by atoms with Crippen LogP contribution in [0, 0.1) is 6.92 Å². The van der Waals surface area contributed by atoms with Crippen molar-refractivity contribution in [2.24, 2.45) is 0 Å². The summed E-state index contributed by atoms with van der Waals surface area (Å²) in [4.78, 5) is 16.4. The SMILES string of the molecule is Cc1c(Cl)cccc1-n1ccnc1S[C@@H](C)C(=O)NC(C)C. The van der Waals surface area contributed by atoms with Crippen LogP contribution in [0.1, 0.15) is 26.3 Å². The van der Waals surface area contributed by atoms with Crippen LogP contribution in [0.4, 0.5) is 0 Å².